The van der Waals surface area contributed by atoms with E-state index in [9.17, 15) is 9.59 Å². The van der Waals surface area contributed by atoms with Gasteiger partial charge in [-0.2, -0.15) is 0 Å². The number of Topliss-reactive ketones (excluding diaryl/α,β-unsaturated/α-hetero) is 2. The standard InChI is InChI=1S/C19H17NO2/c1-3-20-16-7-4-12(11(2)21)10-15(16)19-14-6-9-18(22)13(14)5-8-17(19)20/h4-5,7-8,10H,3,6,9H2,1-2H3. The van der Waals surface area contributed by atoms with Crippen LogP contribution in [0.15, 0.2) is 30.3 Å². The molecule has 1 aliphatic carbocycles. The smallest absolute Gasteiger partial charge is 0.163 e. The van der Waals surface area contributed by atoms with Crippen molar-refractivity contribution in [2.24, 2.45) is 0 Å². The van der Waals surface area contributed by atoms with E-state index in [-0.39, 0.29) is 11.6 Å². The number of ketones is 2. The Morgan fingerprint density at radius 3 is 2.64 bits per heavy atom. The van der Waals surface area contributed by atoms with Gasteiger partial charge in [-0.1, -0.05) is 0 Å². The van der Waals surface area contributed by atoms with Crippen LogP contribution >= 0.6 is 0 Å². The summed E-state index contributed by atoms with van der Waals surface area (Å²) in [6, 6.07) is 9.91. The van der Waals surface area contributed by atoms with Crippen molar-refractivity contribution in [1.82, 2.24) is 4.57 Å². The molecule has 0 saturated carbocycles. The molecule has 4 rings (SSSR count). The first-order valence-corrected chi connectivity index (χ1v) is 7.73. The molecule has 1 aromatic heterocycles. The summed E-state index contributed by atoms with van der Waals surface area (Å²) >= 11 is 0. The maximum Gasteiger partial charge on any atom is 0.163 e. The van der Waals surface area contributed by atoms with Crippen molar-refractivity contribution in [3.63, 3.8) is 0 Å². The van der Waals surface area contributed by atoms with Crippen LogP contribution in [0.5, 0.6) is 0 Å². The first-order valence-electron chi connectivity index (χ1n) is 7.73. The quantitative estimate of drug-likeness (QED) is 0.665. The molecule has 1 heterocycles. The monoisotopic (exact) mass is 291 g/mol. The summed E-state index contributed by atoms with van der Waals surface area (Å²) in [6.07, 6.45) is 1.40. The fourth-order valence-electron chi connectivity index (χ4n) is 3.72. The van der Waals surface area contributed by atoms with Crippen molar-refractivity contribution in [2.45, 2.75) is 33.2 Å². The van der Waals surface area contributed by atoms with Crippen LogP contribution in [0.3, 0.4) is 0 Å². The van der Waals surface area contributed by atoms with Gasteiger partial charge >= 0.3 is 0 Å². The number of benzene rings is 2. The Kier molecular flexibility index (Phi) is 2.73. The molecule has 0 radical (unpaired) electrons. The third-order valence-corrected chi connectivity index (χ3v) is 4.76. The fourth-order valence-corrected chi connectivity index (χ4v) is 3.72. The molecule has 2 aromatic carbocycles. The number of carbonyl (C=O) groups excluding carboxylic acids is 2. The number of rotatable bonds is 2. The molecule has 0 fully saturated rings. The van der Waals surface area contributed by atoms with E-state index in [0.717, 1.165) is 51.5 Å². The second kappa shape index (κ2) is 4.54. The summed E-state index contributed by atoms with van der Waals surface area (Å²) in [5.41, 5.74) is 5.03. The van der Waals surface area contributed by atoms with E-state index in [4.69, 9.17) is 0 Å². The van der Waals surface area contributed by atoms with E-state index in [1.807, 2.05) is 30.3 Å². The number of nitrogens with zero attached hydrogens (tertiary/aromatic N) is 1. The minimum atomic E-state index is 0.0722. The lowest BCUT2D eigenvalue weighted by atomic mass is 10.0. The summed E-state index contributed by atoms with van der Waals surface area (Å²) in [4.78, 5) is 23.8. The van der Waals surface area contributed by atoms with Crippen LogP contribution < -0.4 is 0 Å². The topological polar surface area (TPSA) is 39.1 Å². The van der Waals surface area contributed by atoms with Crippen LogP contribution in [0, 0.1) is 0 Å². The van der Waals surface area contributed by atoms with Crippen molar-refractivity contribution in [2.75, 3.05) is 0 Å². The minimum absolute atomic E-state index is 0.0722. The zero-order valence-electron chi connectivity index (χ0n) is 12.8. The first kappa shape index (κ1) is 13.3. The van der Waals surface area contributed by atoms with Gasteiger partial charge in [0.05, 0.1) is 0 Å². The highest BCUT2D eigenvalue weighted by Gasteiger charge is 2.24. The lowest BCUT2D eigenvalue weighted by Gasteiger charge is -2.04. The van der Waals surface area contributed by atoms with E-state index in [1.165, 1.54) is 0 Å². The van der Waals surface area contributed by atoms with Crippen molar-refractivity contribution in [3.05, 3.63) is 47.0 Å². The van der Waals surface area contributed by atoms with E-state index in [1.54, 1.807) is 6.92 Å². The molecule has 0 amide bonds. The highest BCUT2D eigenvalue weighted by Crippen LogP contribution is 2.37. The Morgan fingerprint density at radius 2 is 1.91 bits per heavy atom. The Morgan fingerprint density at radius 1 is 1.14 bits per heavy atom. The van der Waals surface area contributed by atoms with Gasteiger partial charge in [-0.05, 0) is 56.2 Å². The molecule has 0 N–H and O–H groups in total. The van der Waals surface area contributed by atoms with Gasteiger partial charge < -0.3 is 4.57 Å². The summed E-state index contributed by atoms with van der Waals surface area (Å²) in [7, 11) is 0. The molecular formula is C19H17NO2. The average molecular weight is 291 g/mol. The van der Waals surface area contributed by atoms with Gasteiger partial charge in [-0.15, -0.1) is 0 Å². The molecule has 1 aliphatic rings. The zero-order valence-corrected chi connectivity index (χ0v) is 12.8. The zero-order chi connectivity index (χ0) is 15.4. The Balaban J connectivity index is 2.21. The van der Waals surface area contributed by atoms with Crippen LogP contribution in [-0.2, 0) is 13.0 Å². The van der Waals surface area contributed by atoms with E-state index >= 15 is 0 Å². The second-order valence-electron chi connectivity index (χ2n) is 5.94. The first-order chi connectivity index (χ1) is 10.6. The van der Waals surface area contributed by atoms with Gasteiger partial charge in [0.15, 0.2) is 11.6 Å². The normalized spacial score (nSPS) is 14.0. The summed E-state index contributed by atoms with van der Waals surface area (Å²) in [5, 5.41) is 2.25. The SMILES string of the molecule is CCn1c2ccc(C(C)=O)cc2c2c3c(ccc21)C(=O)CC3. The number of hydrogen-bond acceptors (Lipinski definition) is 2. The Labute approximate surface area is 128 Å². The Hall–Kier alpha value is -2.42. The fraction of sp³-hybridized carbons (Fsp3) is 0.263. The van der Waals surface area contributed by atoms with E-state index in [0.29, 0.717) is 6.42 Å². The molecule has 3 aromatic rings. The lowest BCUT2D eigenvalue weighted by molar-refractivity contribution is 0.0991. The van der Waals surface area contributed by atoms with E-state index < -0.39 is 0 Å². The molecule has 0 bridgehead atoms. The van der Waals surface area contributed by atoms with Gasteiger partial charge in [0.2, 0.25) is 0 Å². The van der Waals surface area contributed by atoms with Gasteiger partial charge in [0.25, 0.3) is 0 Å². The molecule has 110 valence electrons. The largest absolute Gasteiger partial charge is 0.341 e. The van der Waals surface area contributed by atoms with Crippen LogP contribution in [0.1, 0.15) is 46.5 Å². The summed E-state index contributed by atoms with van der Waals surface area (Å²) < 4.78 is 2.26. The minimum Gasteiger partial charge on any atom is -0.341 e. The molecule has 3 nitrogen and oxygen atoms in total. The van der Waals surface area contributed by atoms with Crippen molar-refractivity contribution < 1.29 is 9.59 Å². The molecule has 3 heteroatoms. The molecular weight excluding hydrogens is 274 g/mol. The van der Waals surface area contributed by atoms with Crippen LogP contribution in [-0.4, -0.2) is 16.1 Å². The predicted octanol–water partition coefficient (Wildman–Crippen LogP) is 4.15. The van der Waals surface area contributed by atoms with Crippen molar-refractivity contribution >= 4 is 33.4 Å². The third kappa shape index (κ3) is 1.62. The lowest BCUT2D eigenvalue weighted by Crippen LogP contribution is -1.95. The number of hydrogen-bond donors (Lipinski definition) is 0. The third-order valence-electron chi connectivity index (χ3n) is 4.76. The molecule has 0 saturated heterocycles. The maximum absolute atomic E-state index is 12.0. The Bertz CT molecular complexity index is 963. The van der Waals surface area contributed by atoms with Crippen LogP contribution in [0.2, 0.25) is 0 Å². The van der Waals surface area contributed by atoms with Crippen LogP contribution in [0.25, 0.3) is 21.8 Å². The molecule has 0 atom stereocenters. The second-order valence-corrected chi connectivity index (χ2v) is 5.94. The molecule has 0 unspecified atom stereocenters. The number of aryl methyl sites for hydroxylation is 2. The predicted molar refractivity (Wildman–Crippen MR) is 87.8 cm³/mol. The number of aromatic nitrogens is 1. The van der Waals surface area contributed by atoms with E-state index in [2.05, 4.69) is 11.5 Å². The van der Waals surface area contributed by atoms with Crippen molar-refractivity contribution in [3.8, 4) is 0 Å². The van der Waals surface area contributed by atoms with Crippen molar-refractivity contribution in [1.29, 1.82) is 0 Å². The number of carbonyl (C=O) groups is 2. The van der Waals surface area contributed by atoms with Gasteiger partial charge in [0, 0.05) is 45.9 Å². The highest BCUT2D eigenvalue weighted by atomic mass is 16.1. The maximum atomic E-state index is 12.0. The molecule has 0 spiro atoms. The average Bonchev–Trinajstić information content (AvgIpc) is 3.04. The molecule has 0 aliphatic heterocycles. The summed E-state index contributed by atoms with van der Waals surface area (Å²) in [6.45, 7) is 4.58. The molecule has 22 heavy (non-hydrogen) atoms. The highest BCUT2D eigenvalue weighted by molar-refractivity contribution is 6.16. The number of fused-ring (bicyclic) bond motifs is 5. The van der Waals surface area contributed by atoms with Crippen LogP contribution in [0.4, 0.5) is 0 Å². The van der Waals surface area contributed by atoms with Gasteiger partial charge in [0.1, 0.15) is 0 Å². The summed E-state index contributed by atoms with van der Waals surface area (Å²) in [5.74, 6) is 0.306. The van der Waals surface area contributed by atoms with Gasteiger partial charge in [-0.25, -0.2) is 0 Å². The van der Waals surface area contributed by atoms with Gasteiger partial charge in [-0.3, -0.25) is 9.59 Å².